The van der Waals surface area contributed by atoms with Gasteiger partial charge in [0.05, 0.1) is 19.3 Å². The highest BCUT2D eigenvalue weighted by Gasteiger charge is 2.21. The average Bonchev–Trinajstić information content (AvgIpc) is 2.48. The fourth-order valence-corrected chi connectivity index (χ4v) is 2.89. The summed E-state index contributed by atoms with van der Waals surface area (Å²) in [5, 5.41) is 0. The van der Waals surface area contributed by atoms with Gasteiger partial charge in [-0.25, -0.2) is 0 Å². The van der Waals surface area contributed by atoms with Gasteiger partial charge in [-0.2, -0.15) is 0 Å². The van der Waals surface area contributed by atoms with Crippen molar-refractivity contribution in [2.75, 3.05) is 33.4 Å². The lowest BCUT2D eigenvalue weighted by Crippen LogP contribution is -2.46. The zero-order valence-electron chi connectivity index (χ0n) is 13.9. The first kappa shape index (κ1) is 16.8. The van der Waals surface area contributed by atoms with Crippen LogP contribution in [-0.4, -0.2) is 50.5 Å². The highest BCUT2D eigenvalue weighted by molar-refractivity contribution is 5.41. The molecule has 1 aliphatic rings. The second kappa shape index (κ2) is 8.20. The van der Waals surface area contributed by atoms with Crippen LogP contribution in [0.1, 0.15) is 19.4 Å². The maximum Gasteiger partial charge on any atom is 0.123 e. The lowest BCUT2D eigenvalue weighted by Gasteiger charge is -2.35. The molecule has 1 aromatic rings. The molecule has 0 aliphatic carbocycles. The quantitative estimate of drug-likeness (QED) is 0.725. The van der Waals surface area contributed by atoms with Crippen LogP contribution >= 0.6 is 0 Å². The monoisotopic (exact) mass is 305 g/mol. The molecule has 4 heteroatoms. The number of hydrogen-bond donors (Lipinski definition) is 0. The molecule has 1 saturated heterocycles. The SMILES string of the molecule is C=CCc1cc(OC)ccc1OCCN1C[C@@H](C)O[C@@H](C)C1. The Bertz CT molecular complexity index is 479. The van der Waals surface area contributed by atoms with Gasteiger partial charge >= 0.3 is 0 Å². The molecule has 0 bridgehead atoms. The van der Waals surface area contributed by atoms with Gasteiger partial charge in [-0.1, -0.05) is 6.08 Å². The zero-order chi connectivity index (χ0) is 15.9. The van der Waals surface area contributed by atoms with Crippen LogP contribution in [0, 0.1) is 0 Å². The standard InChI is InChI=1S/C18H27NO3/c1-5-6-16-11-17(20-4)7-8-18(16)21-10-9-19-12-14(2)22-15(3)13-19/h5,7-8,11,14-15H,1,6,9-10,12-13H2,2-4H3/t14-,15+. The molecule has 0 saturated carbocycles. The van der Waals surface area contributed by atoms with E-state index >= 15 is 0 Å². The van der Waals surface area contributed by atoms with Crippen molar-refractivity contribution in [3.63, 3.8) is 0 Å². The Balaban J connectivity index is 1.89. The van der Waals surface area contributed by atoms with Gasteiger partial charge in [0.25, 0.3) is 0 Å². The van der Waals surface area contributed by atoms with Crippen LogP contribution in [0.4, 0.5) is 0 Å². The average molecular weight is 305 g/mol. The van der Waals surface area contributed by atoms with Crippen molar-refractivity contribution >= 4 is 0 Å². The second-order valence-electron chi connectivity index (χ2n) is 5.83. The molecule has 1 aromatic carbocycles. The smallest absolute Gasteiger partial charge is 0.123 e. The van der Waals surface area contributed by atoms with Gasteiger partial charge in [-0.15, -0.1) is 6.58 Å². The molecule has 0 aromatic heterocycles. The Kier molecular flexibility index (Phi) is 6.28. The molecule has 2 atom stereocenters. The Morgan fingerprint density at radius 1 is 1.32 bits per heavy atom. The van der Waals surface area contributed by atoms with Gasteiger partial charge in [-0.3, -0.25) is 4.90 Å². The molecule has 1 heterocycles. The Morgan fingerprint density at radius 3 is 2.68 bits per heavy atom. The van der Waals surface area contributed by atoms with Crippen molar-refractivity contribution in [3.8, 4) is 11.5 Å². The minimum atomic E-state index is 0.293. The van der Waals surface area contributed by atoms with E-state index in [1.807, 2.05) is 24.3 Å². The maximum absolute atomic E-state index is 5.98. The molecular weight excluding hydrogens is 278 g/mol. The van der Waals surface area contributed by atoms with Gasteiger partial charge in [0.15, 0.2) is 0 Å². The van der Waals surface area contributed by atoms with E-state index in [2.05, 4.69) is 25.3 Å². The molecule has 0 N–H and O–H groups in total. The first-order valence-electron chi connectivity index (χ1n) is 7.90. The van der Waals surface area contributed by atoms with E-state index in [0.717, 1.165) is 43.1 Å². The van der Waals surface area contributed by atoms with Crippen molar-refractivity contribution in [2.24, 2.45) is 0 Å². The molecule has 0 radical (unpaired) electrons. The topological polar surface area (TPSA) is 30.9 Å². The Hall–Kier alpha value is -1.52. The number of rotatable bonds is 7. The van der Waals surface area contributed by atoms with Gasteiger partial charge in [0.1, 0.15) is 18.1 Å². The summed E-state index contributed by atoms with van der Waals surface area (Å²) in [6, 6.07) is 5.92. The van der Waals surface area contributed by atoms with Crippen LogP contribution in [-0.2, 0) is 11.2 Å². The van der Waals surface area contributed by atoms with Crippen molar-refractivity contribution in [1.29, 1.82) is 0 Å². The van der Waals surface area contributed by atoms with E-state index in [0.29, 0.717) is 18.8 Å². The van der Waals surface area contributed by atoms with Crippen molar-refractivity contribution in [2.45, 2.75) is 32.5 Å². The number of nitrogens with zero attached hydrogens (tertiary/aromatic N) is 1. The first-order valence-corrected chi connectivity index (χ1v) is 7.90. The molecule has 0 spiro atoms. The fourth-order valence-electron chi connectivity index (χ4n) is 2.89. The van der Waals surface area contributed by atoms with Crippen molar-refractivity contribution in [3.05, 3.63) is 36.4 Å². The summed E-state index contributed by atoms with van der Waals surface area (Å²) in [7, 11) is 1.67. The van der Waals surface area contributed by atoms with E-state index in [4.69, 9.17) is 14.2 Å². The number of morpholine rings is 1. The largest absolute Gasteiger partial charge is 0.497 e. The van der Waals surface area contributed by atoms with E-state index in [1.54, 1.807) is 7.11 Å². The van der Waals surface area contributed by atoms with Crippen molar-refractivity contribution < 1.29 is 14.2 Å². The van der Waals surface area contributed by atoms with Crippen LogP contribution < -0.4 is 9.47 Å². The summed E-state index contributed by atoms with van der Waals surface area (Å²) < 4.78 is 17.0. The minimum absolute atomic E-state index is 0.293. The van der Waals surface area contributed by atoms with E-state index < -0.39 is 0 Å². The van der Waals surface area contributed by atoms with Crippen molar-refractivity contribution in [1.82, 2.24) is 4.90 Å². The molecule has 1 fully saturated rings. The molecule has 2 rings (SSSR count). The van der Waals surface area contributed by atoms with Crippen LogP contribution in [0.2, 0.25) is 0 Å². The number of hydrogen-bond acceptors (Lipinski definition) is 4. The van der Waals surface area contributed by atoms with Gasteiger partial charge < -0.3 is 14.2 Å². The van der Waals surface area contributed by atoms with E-state index in [-0.39, 0.29) is 0 Å². The summed E-state index contributed by atoms with van der Waals surface area (Å²) >= 11 is 0. The summed E-state index contributed by atoms with van der Waals surface area (Å²) in [6.45, 7) is 11.6. The molecule has 0 amide bonds. The number of ether oxygens (including phenoxy) is 3. The molecule has 1 aliphatic heterocycles. The van der Waals surface area contributed by atoms with Crippen LogP contribution in [0.5, 0.6) is 11.5 Å². The highest BCUT2D eigenvalue weighted by Crippen LogP contribution is 2.25. The first-order chi connectivity index (χ1) is 10.6. The lowest BCUT2D eigenvalue weighted by atomic mass is 10.1. The van der Waals surface area contributed by atoms with Crippen LogP contribution in [0.25, 0.3) is 0 Å². The third kappa shape index (κ3) is 4.75. The van der Waals surface area contributed by atoms with Crippen LogP contribution in [0.3, 0.4) is 0 Å². The molecule has 22 heavy (non-hydrogen) atoms. The third-order valence-corrected chi connectivity index (χ3v) is 3.79. The second-order valence-corrected chi connectivity index (χ2v) is 5.83. The van der Waals surface area contributed by atoms with Crippen LogP contribution in [0.15, 0.2) is 30.9 Å². The van der Waals surface area contributed by atoms with E-state index in [9.17, 15) is 0 Å². The molecule has 122 valence electrons. The van der Waals surface area contributed by atoms with Gasteiger partial charge in [-0.05, 0) is 38.5 Å². The van der Waals surface area contributed by atoms with Gasteiger partial charge in [0, 0.05) is 25.2 Å². The predicted molar refractivity (Wildman–Crippen MR) is 88.8 cm³/mol. The highest BCUT2D eigenvalue weighted by atomic mass is 16.5. The number of allylic oxidation sites excluding steroid dienone is 1. The molecule has 4 nitrogen and oxygen atoms in total. The number of benzene rings is 1. The summed E-state index contributed by atoms with van der Waals surface area (Å²) in [4.78, 5) is 2.40. The number of methoxy groups -OCH3 is 1. The normalized spacial score (nSPS) is 22.3. The molecule has 0 unspecified atom stereocenters. The minimum Gasteiger partial charge on any atom is -0.497 e. The summed E-state index contributed by atoms with van der Waals surface area (Å²) in [5.41, 5.74) is 1.11. The fraction of sp³-hybridized carbons (Fsp3) is 0.556. The third-order valence-electron chi connectivity index (χ3n) is 3.79. The van der Waals surface area contributed by atoms with E-state index in [1.165, 1.54) is 0 Å². The molecular formula is C18H27NO3. The Morgan fingerprint density at radius 2 is 2.05 bits per heavy atom. The van der Waals surface area contributed by atoms with Gasteiger partial charge in [0.2, 0.25) is 0 Å². The zero-order valence-corrected chi connectivity index (χ0v) is 13.9. The maximum atomic E-state index is 5.98. The lowest BCUT2D eigenvalue weighted by molar-refractivity contribution is -0.0699. The predicted octanol–water partition coefficient (Wildman–Crippen LogP) is 2.91. The Labute approximate surface area is 133 Å². The summed E-state index contributed by atoms with van der Waals surface area (Å²) in [5.74, 6) is 1.76. The summed E-state index contributed by atoms with van der Waals surface area (Å²) in [6.07, 6.45) is 3.24.